The van der Waals surface area contributed by atoms with Crippen molar-refractivity contribution in [2.24, 2.45) is 7.05 Å². The summed E-state index contributed by atoms with van der Waals surface area (Å²) in [4.78, 5) is 15.7. The first-order valence-corrected chi connectivity index (χ1v) is 5.57. The molecule has 0 fully saturated rings. The molecule has 0 spiro atoms. The molecule has 0 aliphatic carbocycles. The number of carbonyl (C=O) groups is 1. The van der Waals surface area contributed by atoms with Gasteiger partial charge in [-0.05, 0) is 6.07 Å². The summed E-state index contributed by atoms with van der Waals surface area (Å²) >= 11 is 0. The van der Waals surface area contributed by atoms with E-state index in [9.17, 15) is 4.79 Å². The SMILES string of the molecule is COc1ccc(NC(=O)NCc2cn(C)cn2)nn1. The summed E-state index contributed by atoms with van der Waals surface area (Å²) in [5.74, 6) is 0.735. The minimum atomic E-state index is -0.370. The van der Waals surface area contributed by atoms with E-state index in [1.54, 1.807) is 18.5 Å². The van der Waals surface area contributed by atoms with Crippen molar-refractivity contribution in [1.29, 1.82) is 0 Å². The molecule has 2 heterocycles. The maximum absolute atomic E-state index is 11.6. The first kappa shape index (κ1) is 12.8. The standard InChI is InChI=1S/C11H14N6O2/c1-17-6-8(13-7-17)5-12-11(18)14-9-3-4-10(19-2)16-15-9/h3-4,6-7H,5H2,1-2H3,(H2,12,14,15,18). The van der Waals surface area contributed by atoms with Crippen LogP contribution in [-0.4, -0.2) is 32.9 Å². The number of nitrogens with one attached hydrogen (secondary N) is 2. The third-order valence-corrected chi connectivity index (χ3v) is 2.28. The van der Waals surface area contributed by atoms with Gasteiger partial charge in [0.05, 0.1) is 25.7 Å². The first-order chi connectivity index (χ1) is 9.17. The van der Waals surface area contributed by atoms with Crippen LogP contribution in [0.2, 0.25) is 0 Å². The minimum absolute atomic E-state index is 0.344. The van der Waals surface area contributed by atoms with E-state index >= 15 is 0 Å². The van der Waals surface area contributed by atoms with E-state index < -0.39 is 0 Å². The van der Waals surface area contributed by atoms with Gasteiger partial charge in [0.15, 0.2) is 5.82 Å². The van der Waals surface area contributed by atoms with E-state index in [1.807, 2.05) is 17.8 Å². The number of imidazole rings is 1. The number of hydrogen-bond acceptors (Lipinski definition) is 5. The van der Waals surface area contributed by atoms with Crippen molar-refractivity contribution in [3.8, 4) is 5.88 Å². The molecular weight excluding hydrogens is 248 g/mol. The minimum Gasteiger partial charge on any atom is -0.480 e. The van der Waals surface area contributed by atoms with E-state index in [-0.39, 0.29) is 6.03 Å². The number of amides is 2. The van der Waals surface area contributed by atoms with Crippen LogP contribution >= 0.6 is 0 Å². The third-order valence-electron chi connectivity index (χ3n) is 2.28. The Balaban J connectivity index is 1.83. The molecule has 0 saturated heterocycles. The molecule has 0 radical (unpaired) electrons. The molecule has 0 unspecified atom stereocenters. The summed E-state index contributed by atoms with van der Waals surface area (Å²) in [6.07, 6.45) is 3.50. The highest BCUT2D eigenvalue weighted by molar-refractivity contribution is 5.87. The number of aryl methyl sites for hydroxylation is 1. The van der Waals surface area contributed by atoms with Crippen molar-refractivity contribution in [1.82, 2.24) is 25.1 Å². The Morgan fingerprint density at radius 1 is 1.42 bits per heavy atom. The number of urea groups is 1. The Labute approximate surface area is 109 Å². The maximum Gasteiger partial charge on any atom is 0.320 e. The van der Waals surface area contributed by atoms with Crippen molar-refractivity contribution in [3.05, 3.63) is 30.4 Å². The van der Waals surface area contributed by atoms with Gasteiger partial charge in [0, 0.05) is 19.3 Å². The van der Waals surface area contributed by atoms with Crippen LogP contribution in [-0.2, 0) is 13.6 Å². The van der Waals surface area contributed by atoms with E-state index in [0.717, 1.165) is 5.69 Å². The van der Waals surface area contributed by atoms with Crippen molar-refractivity contribution in [3.63, 3.8) is 0 Å². The zero-order valence-electron chi connectivity index (χ0n) is 10.6. The molecule has 0 atom stereocenters. The molecule has 2 N–H and O–H groups in total. The van der Waals surface area contributed by atoms with Crippen LogP contribution in [0.3, 0.4) is 0 Å². The second kappa shape index (κ2) is 5.80. The zero-order valence-corrected chi connectivity index (χ0v) is 10.6. The van der Waals surface area contributed by atoms with Crippen LogP contribution in [0.4, 0.5) is 10.6 Å². The fourth-order valence-corrected chi connectivity index (χ4v) is 1.39. The Kier molecular flexibility index (Phi) is 3.91. The lowest BCUT2D eigenvalue weighted by molar-refractivity contribution is 0.251. The second-order valence-corrected chi connectivity index (χ2v) is 3.80. The molecule has 2 aromatic heterocycles. The van der Waals surface area contributed by atoms with Crippen LogP contribution in [0.5, 0.6) is 5.88 Å². The second-order valence-electron chi connectivity index (χ2n) is 3.80. The number of ether oxygens (including phenoxy) is 1. The molecule has 2 amide bonds. The number of methoxy groups -OCH3 is 1. The molecule has 0 aliphatic heterocycles. The largest absolute Gasteiger partial charge is 0.480 e. The van der Waals surface area contributed by atoms with E-state index in [2.05, 4.69) is 25.8 Å². The van der Waals surface area contributed by atoms with Gasteiger partial charge in [-0.2, -0.15) is 0 Å². The summed E-state index contributed by atoms with van der Waals surface area (Å²) in [6, 6.07) is 2.85. The van der Waals surface area contributed by atoms with Crippen LogP contribution in [0, 0.1) is 0 Å². The average Bonchev–Trinajstić information content (AvgIpc) is 2.83. The van der Waals surface area contributed by atoms with E-state index in [1.165, 1.54) is 7.11 Å². The number of hydrogen-bond donors (Lipinski definition) is 2. The maximum atomic E-state index is 11.6. The highest BCUT2D eigenvalue weighted by Crippen LogP contribution is 2.06. The predicted octanol–water partition coefficient (Wildman–Crippen LogP) is 0.540. The Hall–Kier alpha value is -2.64. The third kappa shape index (κ3) is 3.66. The number of carbonyl (C=O) groups excluding carboxylic acids is 1. The van der Waals surface area contributed by atoms with Gasteiger partial charge >= 0.3 is 6.03 Å². The van der Waals surface area contributed by atoms with Gasteiger partial charge in [0.1, 0.15) is 0 Å². The fraction of sp³-hybridized carbons (Fsp3) is 0.273. The number of aromatic nitrogens is 4. The molecule has 8 heteroatoms. The highest BCUT2D eigenvalue weighted by atomic mass is 16.5. The molecule has 19 heavy (non-hydrogen) atoms. The van der Waals surface area contributed by atoms with Crippen molar-refractivity contribution < 1.29 is 9.53 Å². The Morgan fingerprint density at radius 3 is 2.84 bits per heavy atom. The molecule has 100 valence electrons. The van der Waals surface area contributed by atoms with Gasteiger partial charge in [-0.3, -0.25) is 5.32 Å². The first-order valence-electron chi connectivity index (χ1n) is 5.57. The van der Waals surface area contributed by atoms with Gasteiger partial charge in [-0.1, -0.05) is 0 Å². The molecule has 0 saturated carbocycles. The molecule has 2 rings (SSSR count). The summed E-state index contributed by atoms with van der Waals surface area (Å²) < 4.78 is 6.68. The lowest BCUT2D eigenvalue weighted by Crippen LogP contribution is -2.28. The monoisotopic (exact) mass is 262 g/mol. The van der Waals surface area contributed by atoms with Gasteiger partial charge < -0.3 is 14.6 Å². The van der Waals surface area contributed by atoms with Crippen molar-refractivity contribution in [2.75, 3.05) is 12.4 Å². The fourth-order valence-electron chi connectivity index (χ4n) is 1.39. The predicted molar refractivity (Wildman–Crippen MR) is 67.7 cm³/mol. The van der Waals surface area contributed by atoms with Crippen LogP contribution in [0.15, 0.2) is 24.7 Å². The normalized spacial score (nSPS) is 10.0. The van der Waals surface area contributed by atoms with Crippen LogP contribution in [0.25, 0.3) is 0 Å². The van der Waals surface area contributed by atoms with Gasteiger partial charge in [0.25, 0.3) is 0 Å². The van der Waals surface area contributed by atoms with Gasteiger partial charge in [-0.15, -0.1) is 10.2 Å². The Bertz CT molecular complexity index is 551. The quantitative estimate of drug-likeness (QED) is 0.838. The number of anilines is 1. The summed E-state index contributed by atoms with van der Waals surface area (Å²) in [7, 11) is 3.36. The summed E-state index contributed by atoms with van der Waals surface area (Å²) in [6.45, 7) is 0.344. The topological polar surface area (TPSA) is 94.0 Å². The van der Waals surface area contributed by atoms with Crippen molar-refractivity contribution in [2.45, 2.75) is 6.54 Å². The summed E-state index contributed by atoms with van der Waals surface area (Å²) in [5.41, 5.74) is 0.776. The smallest absolute Gasteiger partial charge is 0.320 e. The highest BCUT2D eigenvalue weighted by Gasteiger charge is 2.04. The van der Waals surface area contributed by atoms with E-state index in [4.69, 9.17) is 4.74 Å². The number of rotatable bonds is 4. The lowest BCUT2D eigenvalue weighted by Gasteiger charge is -2.05. The molecule has 0 aromatic carbocycles. The van der Waals surface area contributed by atoms with Gasteiger partial charge in [-0.25, -0.2) is 9.78 Å². The van der Waals surface area contributed by atoms with E-state index in [0.29, 0.717) is 18.2 Å². The Morgan fingerprint density at radius 2 is 2.26 bits per heavy atom. The summed E-state index contributed by atoms with van der Waals surface area (Å²) in [5, 5.41) is 12.7. The molecular formula is C11H14N6O2. The molecule has 0 aliphatic rings. The van der Waals surface area contributed by atoms with Crippen LogP contribution in [0.1, 0.15) is 5.69 Å². The molecule has 2 aromatic rings. The number of nitrogens with zero attached hydrogens (tertiary/aromatic N) is 4. The molecule has 8 nitrogen and oxygen atoms in total. The molecule has 0 bridgehead atoms. The zero-order chi connectivity index (χ0) is 13.7. The van der Waals surface area contributed by atoms with Crippen LogP contribution < -0.4 is 15.4 Å². The average molecular weight is 262 g/mol. The van der Waals surface area contributed by atoms with Crippen molar-refractivity contribution >= 4 is 11.8 Å². The van der Waals surface area contributed by atoms with Gasteiger partial charge in [0.2, 0.25) is 5.88 Å². The lowest BCUT2D eigenvalue weighted by atomic mass is 10.5.